The van der Waals surface area contributed by atoms with Gasteiger partial charge < -0.3 is 10.6 Å². The molecular weight excluding hydrogens is 366 g/mol. The van der Waals surface area contributed by atoms with Gasteiger partial charge in [-0.25, -0.2) is 0 Å². The number of hydrogen-bond acceptors (Lipinski definition) is 5. The van der Waals surface area contributed by atoms with E-state index in [0.717, 1.165) is 15.7 Å². The van der Waals surface area contributed by atoms with Gasteiger partial charge in [0.05, 0.1) is 6.20 Å². The van der Waals surface area contributed by atoms with Gasteiger partial charge in [0, 0.05) is 16.7 Å². The number of hydrogen-bond donors (Lipinski definition) is 2. The predicted octanol–water partition coefficient (Wildman–Crippen LogP) is 4.61. The molecule has 2 N–H and O–H groups in total. The van der Waals surface area contributed by atoms with Crippen molar-refractivity contribution in [2.45, 2.75) is 20.4 Å². The molecule has 0 amide bonds. The molecule has 0 atom stereocenters. The molecule has 0 aliphatic heterocycles. The van der Waals surface area contributed by atoms with Crippen molar-refractivity contribution >= 4 is 33.4 Å². The van der Waals surface area contributed by atoms with Crippen molar-refractivity contribution in [2.24, 2.45) is 0 Å². The lowest BCUT2D eigenvalue weighted by Gasteiger charge is -2.10. The van der Waals surface area contributed by atoms with Crippen molar-refractivity contribution in [2.75, 3.05) is 10.6 Å². The van der Waals surface area contributed by atoms with Crippen LogP contribution >= 0.6 is 15.9 Å². The largest absolute Gasteiger partial charge is 0.365 e. The topological polar surface area (TPSA) is 62.7 Å². The zero-order valence-electron chi connectivity index (χ0n) is 13.5. The summed E-state index contributed by atoms with van der Waals surface area (Å²) in [4.78, 5) is 4.46. The zero-order chi connectivity index (χ0) is 16.9. The number of aryl methyl sites for hydroxylation is 2. The first-order valence-corrected chi connectivity index (χ1v) is 8.42. The molecule has 0 fully saturated rings. The first-order chi connectivity index (χ1) is 11.6. The Morgan fingerprint density at radius 1 is 1.04 bits per heavy atom. The molecule has 24 heavy (non-hydrogen) atoms. The van der Waals surface area contributed by atoms with Gasteiger partial charge in [0.25, 0.3) is 0 Å². The highest BCUT2D eigenvalue weighted by molar-refractivity contribution is 9.10. The molecule has 2 aromatic carbocycles. The molecule has 0 aliphatic rings. The second-order valence-electron chi connectivity index (χ2n) is 5.53. The van der Waals surface area contributed by atoms with Crippen molar-refractivity contribution in [1.82, 2.24) is 15.2 Å². The van der Waals surface area contributed by atoms with Crippen LogP contribution in [0.15, 0.2) is 53.1 Å². The Bertz CT molecular complexity index is 850. The number of rotatable bonds is 5. The van der Waals surface area contributed by atoms with Gasteiger partial charge in [-0.3, -0.25) is 0 Å². The van der Waals surface area contributed by atoms with Gasteiger partial charge in [-0.05, 0) is 48.7 Å². The molecule has 0 saturated heterocycles. The fourth-order valence-electron chi connectivity index (χ4n) is 2.29. The van der Waals surface area contributed by atoms with Crippen molar-refractivity contribution < 1.29 is 0 Å². The number of nitrogens with zero attached hydrogens (tertiary/aromatic N) is 3. The molecule has 5 nitrogen and oxygen atoms in total. The number of benzene rings is 2. The van der Waals surface area contributed by atoms with Crippen LogP contribution in [0.4, 0.5) is 17.5 Å². The van der Waals surface area contributed by atoms with Crippen molar-refractivity contribution in [3.63, 3.8) is 0 Å². The molecule has 122 valence electrons. The summed E-state index contributed by atoms with van der Waals surface area (Å²) in [6.07, 6.45) is 1.62. The minimum absolute atomic E-state index is 0.464. The van der Waals surface area contributed by atoms with Crippen molar-refractivity contribution in [3.05, 3.63) is 69.8 Å². The Morgan fingerprint density at radius 3 is 2.67 bits per heavy atom. The fourth-order valence-corrected chi connectivity index (χ4v) is 2.53. The molecule has 1 aromatic heterocycles. The highest BCUT2D eigenvalue weighted by atomic mass is 79.9. The highest BCUT2D eigenvalue weighted by Crippen LogP contribution is 2.22. The third kappa shape index (κ3) is 4.08. The average Bonchev–Trinajstić information content (AvgIpc) is 2.58. The quantitative estimate of drug-likeness (QED) is 0.673. The molecule has 0 saturated carbocycles. The Labute approximate surface area is 149 Å². The van der Waals surface area contributed by atoms with Crippen LogP contribution < -0.4 is 10.6 Å². The van der Waals surface area contributed by atoms with Gasteiger partial charge in [-0.2, -0.15) is 10.1 Å². The first-order valence-electron chi connectivity index (χ1n) is 7.63. The molecule has 6 heteroatoms. The van der Waals surface area contributed by atoms with Gasteiger partial charge in [0.15, 0.2) is 5.82 Å². The highest BCUT2D eigenvalue weighted by Gasteiger charge is 2.04. The summed E-state index contributed by atoms with van der Waals surface area (Å²) in [5, 5.41) is 14.5. The number of halogens is 1. The predicted molar refractivity (Wildman–Crippen MR) is 100 cm³/mol. The van der Waals surface area contributed by atoms with Gasteiger partial charge in [0.2, 0.25) is 5.95 Å². The third-order valence-electron chi connectivity index (χ3n) is 3.69. The van der Waals surface area contributed by atoms with Crippen molar-refractivity contribution in [1.29, 1.82) is 0 Å². The minimum atomic E-state index is 0.464. The molecule has 3 aromatic rings. The maximum absolute atomic E-state index is 4.46. The van der Waals surface area contributed by atoms with E-state index in [1.165, 1.54) is 11.1 Å². The lowest BCUT2D eigenvalue weighted by atomic mass is 10.1. The van der Waals surface area contributed by atoms with Crippen LogP contribution in [-0.2, 0) is 6.54 Å². The first kappa shape index (κ1) is 16.4. The van der Waals surface area contributed by atoms with E-state index >= 15 is 0 Å². The Balaban J connectivity index is 1.69. The molecule has 0 spiro atoms. The molecular formula is C18H18BrN5. The summed E-state index contributed by atoms with van der Waals surface area (Å²) in [7, 11) is 0. The van der Waals surface area contributed by atoms with E-state index in [9.17, 15) is 0 Å². The second-order valence-corrected chi connectivity index (χ2v) is 6.39. The third-order valence-corrected chi connectivity index (χ3v) is 4.58. The molecule has 3 rings (SSSR count). The maximum Gasteiger partial charge on any atom is 0.249 e. The monoisotopic (exact) mass is 383 g/mol. The van der Waals surface area contributed by atoms with E-state index in [1.807, 2.05) is 37.3 Å². The lowest BCUT2D eigenvalue weighted by molar-refractivity contribution is 0.964. The van der Waals surface area contributed by atoms with Gasteiger partial charge in [0.1, 0.15) is 0 Å². The zero-order valence-corrected chi connectivity index (χ0v) is 15.1. The average molecular weight is 384 g/mol. The number of nitrogens with one attached hydrogen (secondary N) is 2. The Kier molecular flexibility index (Phi) is 5.05. The molecule has 1 heterocycles. The van der Waals surface area contributed by atoms with Gasteiger partial charge in [-0.15, -0.1) is 5.10 Å². The van der Waals surface area contributed by atoms with E-state index in [-0.39, 0.29) is 0 Å². The summed E-state index contributed by atoms with van der Waals surface area (Å²) < 4.78 is 1.07. The summed E-state index contributed by atoms with van der Waals surface area (Å²) in [5.74, 6) is 1.15. The Morgan fingerprint density at radius 2 is 1.88 bits per heavy atom. The summed E-state index contributed by atoms with van der Waals surface area (Å²) >= 11 is 3.49. The second kappa shape index (κ2) is 7.40. The van der Waals surface area contributed by atoms with Crippen LogP contribution in [0.1, 0.15) is 16.7 Å². The van der Waals surface area contributed by atoms with Crippen LogP contribution in [0.2, 0.25) is 0 Å². The smallest absolute Gasteiger partial charge is 0.249 e. The molecule has 0 bridgehead atoms. The van der Waals surface area contributed by atoms with E-state index < -0.39 is 0 Å². The summed E-state index contributed by atoms with van der Waals surface area (Å²) in [5.41, 5.74) is 4.54. The Hall–Kier alpha value is -2.47. The SMILES string of the molecule is Cc1cc(Nc2nncc(NCc3ccccc3C)n2)ccc1Br. The standard InChI is InChI=1S/C18H18BrN5/c1-12-5-3-4-6-14(12)10-20-17-11-21-24-18(23-17)22-15-7-8-16(19)13(2)9-15/h3-9,11H,10H2,1-2H3,(H2,20,22,23,24). The minimum Gasteiger partial charge on any atom is -0.365 e. The van der Waals surface area contributed by atoms with E-state index in [1.54, 1.807) is 6.20 Å². The van der Waals surface area contributed by atoms with Crippen LogP contribution in [0.3, 0.4) is 0 Å². The molecule has 0 aliphatic carbocycles. The van der Waals surface area contributed by atoms with E-state index in [2.05, 4.69) is 60.8 Å². The van der Waals surface area contributed by atoms with E-state index in [4.69, 9.17) is 0 Å². The molecule has 0 radical (unpaired) electrons. The normalized spacial score (nSPS) is 10.5. The van der Waals surface area contributed by atoms with Crippen molar-refractivity contribution in [3.8, 4) is 0 Å². The number of aromatic nitrogens is 3. The van der Waals surface area contributed by atoms with Crippen LogP contribution in [0.25, 0.3) is 0 Å². The lowest BCUT2D eigenvalue weighted by Crippen LogP contribution is -2.06. The van der Waals surface area contributed by atoms with Gasteiger partial charge >= 0.3 is 0 Å². The van der Waals surface area contributed by atoms with Gasteiger partial charge in [-0.1, -0.05) is 40.2 Å². The maximum atomic E-state index is 4.46. The summed E-state index contributed by atoms with van der Waals surface area (Å²) in [6.45, 7) is 4.83. The van der Waals surface area contributed by atoms with Crippen LogP contribution in [-0.4, -0.2) is 15.2 Å². The van der Waals surface area contributed by atoms with Crippen LogP contribution in [0, 0.1) is 13.8 Å². The molecule has 0 unspecified atom stereocenters. The van der Waals surface area contributed by atoms with Crippen LogP contribution in [0.5, 0.6) is 0 Å². The number of anilines is 3. The fraction of sp³-hybridized carbons (Fsp3) is 0.167. The van der Waals surface area contributed by atoms with E-state index in [0.29, 0.717) is 18.3 Å². The summed E-state index contributed by atoms with van der Waals surface area (Å²) in [6, 6.07) is 14.2.